The summed E-state index contributed by atoms with van der Waals surface area (Å²) in [5, 5.41) is 9.56. The highest BCUT2D eigenvalue weighted by Crippen LogP contribution is 2.43. The van der Waals surface area contributed by atoms with Crippen molar-refractivity contribution in [1.82, 2.24) is 0 Å². The maximum atomic E-state index is 14.3. The lowest BCUT2D eigenvalue weighted by molar-refractivity contribution is -0.137. The van der Waals surface area contributed by atoms with E-state index >= 15 is 0 Å². The van der Waals surface area contributed by atoms with E-state index in [0.717, 1.165) is 63.4 Å². The normalized spacial score (nSPS) is 16.6. The number of aryl methyl sites for hydroxylation is 1. The van der Waals surface area contributed by atoms with Gasteiger partial charge in [-0.3, -0.25) is 24.3 Å². The maximum absolute atomic E-state index is 14.3. The van der Waals surface area contributed by atoms with Crippen LogP contribution in [0.5, 0.6) is 17.2 Å². The van der Waals surface area contributed by atoms with E-state index in [1.807, 2.05) is 96.7 Å². The second kappa shape index (κ2) is 20.5. The van der Waals surface area contributed by atoms with E-state index in [2.05, 4.69) is 34.9 Å². The van der Waals surface area contributed by atoms with Crippen LogP contribution >= 0.6 is 0 Å². The van der Waals surface area contributed by atoms with Gasteiger partial charge in [0.25, 0.3) is 11.8 Å². The van der Waals surface area contributed by atoms with Gasteiger partial charge in [-0.1, -0.05) is 43.3 Å². The van der Waals surface area contributed by atoms with Crippen LogP contribution in [0.25, 0.3) is 0 Å². The molecule has 0 fully saturated rings. The zero-order valence-corrected chi connectivity index (χ0v) is 39.2. The molecule has 0 radical (unpaired) electrons. The van der Waals surface area contributed by atoms with Gasteiger partial charge >= 0.3 is 5.97 Å². The molecule has 4 aliphatic rings. The molecule has 14 heteroatoms. The number of carbonyl (C=O) groups is 3. The summed E-state index contributed by atoms with van der Waals surface area (Å²) in [5.74, 6) is 0.523. The van der Waals surface area contributed by atoms with E-state index in [-0.39, 0.29) is 43.5 Å². The lowest BCUT2D eigenvalue weighted by atomic mass is 10.1. The highest BCUT2D eigenvalue weighted by atomic mass is 16.5. The number of amides is 2. The molecular formula is C54H59N5O9. The van der Waals surface area contributed by atoms with Crippen molar-refractivity contribution in [3.8, 4) is 17.2 Å². The number of aliphatic carboxylic acids is 1. The molecule has 0 unspecified atom stereocenters. The Labute approximate surface area is 397 Å². The van der Waals surface area contributed by atoms with Crippen LogP contribution in [0.1, 0.15) is 74.7 Å². The number of carboxylic acid groups (broad SMARTS) is 1. The van der Waals surface area contributed by atoms with Crippen molar-refractivity contribution in [2.45, 2.75) is 71.2 Å². The van der Waals surface area contributed by atoms with Crippen LogP contribution in [0.15, 0.2) is 96.0 Å². The zero-order chi connectivity index (χ0) is 47.3. The van der Waals surface area contributed by atoms with E-state index in [9.17, 15) is 19.5 Å². The number of para-hydroxylation sites is 2. The Morgan fingerprint density at radius 1 is 0.750 bits per heavy atom. The van der Waals surface area contributed by atoms with E-state index in [1.54, 1.807) is 13.2 Å². The number of ether oxygens (including phenoxy) is 5. The molecule has 2 amide bonds. The number of benzene rings is 5. The highest BCUT2D eigenvalue weighted by molar-refractivity contribution is 6.15. The van der Waals surface area contributed by atoms with Gasteiger partial charge in [-0.05, 0) is 96.5 Å². The summed E-state index contributed by atoms with van der Waals surface area (Å²) < 4.78 is 30.7. The summed E-state index contributed by atoms with van der Waals surface area (Å²) in [6.07, 6.45) is 4.74. The predicted octanol–water partition coefficient (Wildman–Crippen LogP) is 8.58. The minimum absolute atomic E-state index is 0.00467. The van der Waals surface area contributed by atoms with Crippen molar-refractivity contribution >= 4 is 52.4 Å². The summed E-state index contributed by atoms with van der Waals surface area (Å²) in [4.78, 5) is 52.8. The van der Waals surface area contributed by atoms with Crippen molar-refractivity contribution in [3.63, 3.8) is 0 Å². The van der Waals surface area contributed by atoms with Gasteiger partial charge in [0.1, 0.15) is 19.0 Å². The van der Waals surface area contributed by atoms with Crippen LogP contribution in [-0.2, 0) is 40.3 Å². The molecule has 0 aliphatic carbocycles. The lowest BCUT2D eigenvalue weighted by Gasteiger charge is -2.26. The fourth-order valence-corrected chi connectivity index (χ4v) is 9.78. The number of nitrogens with zero attached hydrogens (tertiary/aromatic N) is 5. The second-order valence-corrected chi connectivity index (χ2v) is 17.8. The number of hydrogen-bond donors (Lipinski definition) is 1. The first-order valence-electron chi connectivity index (χ1n) is 23.6. The third-order valence-corrected chi connectivity index (χ3v) is 13.1. The van der Waals surface area contributed by atoms with Crippen molar-refractivity contribution in [1.29, 1.82) is 0 Å². The summed E-state index contributed by atoms with van der Waals surface area (Å²) in [6, 6.07) is 29.4. The highest BCUT2D eigenvalue weighted by Gasteiger charge is 2.40. The van der Waals surface area contributed by atoms with Gasteiger partial charge in [-0.15, -0.1) is 0 Å². The van der Waals surface area contributed by atoms with Crippen LogP contribution in [0, 0.1) is 6.92 Å². The fraction of sp³-hybridized carbons (Fsp3) is 0.370. The standard InChI is InChI=1S/C54H59N5O9/c1-5-18-65-20-21-66-19-17-57(16-10-15-52(60)61)40-24-36(33-67-49-29-45-43(22-35(49)2)53(62)58-41(31-55-45)26-38-11-6-8-13-46(38)58)23-37(25-40)34-68-51-30-48-44(28-50(51)64-4)54(63)59-42(32-56(48)3)27-39-12-7-9-14-47(39)59/h6-9,11-14,22-25,28-31,41-42H,5,10,15-21,26-27,32-34H2,1-4H3,(H,60,61)/t41-,42-/m0/s1. The SMILES string of the molecule is CCCOCCOCCN(CCCC(=O)O)c1cc(COc2cc3c(cc2C)C(=O)N2c4ccccc4C[C@H]2C=N3)cc(COc2cc3c(cc2OC)C(=O)N2c4ccccc4C[C@H]2CN3C)c1. The molecule has 0 bridgehead atoms. The molecule has 5 aromatic rings. The minimum atomic E-state index is -0.856. The van der Waals surface area contributed by atoms with Crippen LogP contribution < -0.4 is 33.8 Å². The van der Waals surface area contributed by atoms with E-state index in [0.29, 0.717) is 93.0 Å². The quantitative estimate of drug-likeness (QED) is 0.0751. The molecule has 0 saturated heterocycles. The molecule has 4 heterocycles. The zero-order valence-electron chi connectivity index (χ0n) is 39.2. The molecule has 5 aromatic carbocycles. The maximum Gasteiger partial charge on any atom is 0.303 e. The summed E-state index contributed by atoms with van der Waals surface area (Å²) in [5.41, 5.74) is 9.89. The van der Waals surface area contributed by atoms with Gasteiger partial charge < -0.3 is 43.5 Å². The van der Waals surface area contributed by atoms with Crippen molar-refractivity contribution in [2.75, 3.05) is 79.8 Å². The molecule has 0 aromatic heterocycles. The van der Waals surface area contributed by atoms with Crippen LogP contribution in [0.2, 0.25) is 0 Å². The number of rotatable bonds is 20. The first-order valence-corrected chi connectivity index (χ1v) is 23.6. The van der Waals surface area contributed by atoms with Crippen molar-refractivity contribution in [2.24, 2.45) is 4.99 Å². The number of likely N-dealkylation sites (N-methyl/N-ethyl adjacent to an activating group) is 1. The number of carbonyl (C=O) groups excluding carboxylic acids is 2. The second-order valence-electron chi connectivity index (χ2n) is 17.8. The Balaban J connectivity index is 0.990. The molecule has 14 nitrogen and oxygen atoms in total. The Kier molecular flexibility index (Phi) is 14.0. The third kappa shape index (κ3) is 9.74. The molecule has 354 valence electrons. The summed E-state index contributed by atoms with van der Waals surface area (Å²) >= 11 is 0. The van der Waals surface area contributed by atoms with E-state index < -0.39 is 5.97 Å². The molecule has 2 atom stereocenters. The first-order chi connectivity index (χ1) is 33.1. The molecule has 68 heavy (non-hydrogen) atoms. The van der Waals surface area contributed by atoms with Gasteiger partial charge in [0.2, 0.25) is 0 Å². The van der Waals surface area contributed by atoms with Crippen LogP contribution in [0.4, 0.5) is 28.4 Å². The molecule has 4 aliphatic heterocycles. The number of aliphatic imine (C=N–C) groups is 1. The Hall–Kier alpha value is -6.90. The van der Waals surface area contributed by atoms with E-state index in [4.69, 9.17) is 28.7 Å². The summed E-state index contributed by atoms with van der Waals surface area (Å²) in [7, 11) is 3.58. The largest absolute Gasteiger partial charge is 0.493 e. The number of fused-ring (bicyclic) bond motifs is 8. The van der Waals surface area contributed by atoms with Crippen molar-refractivity contribution < 1.29 is 43.2 Å². The van der Waals surface area contributed by atoms with Gasteiger partial charge in [0.05, 0.1) is 61.5 Å². The molecule has 0 spiro atoms. The number of hydrogen-bond acceptors (Lipinski definition) is 11. The molecule has 9 rings (SSSR count). The number of methoxy groups -OCH3 is 1. The number of anilines is 4. The molecule has 1 N–H and O–H groups in total. The fourth-order valence-electron chi connectivity index (χ4n) is 9.78. The molecule has 0 saturated carbocycles. The van der Waals surface area contributed by atoms with Gasteiger partial charge in [0, 0.05) is 81.5 Å². The van der Waals surface area contributed by atoms with Crippen molar-refractivity contribution in [3.05, 3.63) is 130 Å². The van der Waals surface area contributed by atoms with Gasteiger partial charge in [0.15, 0.2) is 11.5 Å². The monoisotopic (exact) mass is 921 g/mol. The average Bonchev–Trinajstić information content (AvgIpc) is 3.84. The Bertz CT molecular complexity index is 2720. The van der Waals surface area contributed by atoms with E-state index in [1.165, 1.54) is 0 Å². The van der Waals surface area contributed by atoms with Crippen LogP contribution in [0.3, 0.4) is 0 Å². The average molecular weight is 922 g/mol. The van der Waals surface area contributed by atoms with Gasteiger partial charge in [-0.2, -0.15) is 0 Å². The number of carboxylic acids is 1. The topological polar surface area (TPSA) is 143 Å². The summed E-state index contributed by atoms with van der Waals surface area (Å²) in [6.45, 7) is 8.01. The molecular weight excluding hydrogens is 863 g/mol. The lowest BCUT2D eigenvalue weighted by Crippen LogP contribution is -2.41. The first kappa shape index (κ1) is 46.2. The van der Waals surface area contributed by atoms with Crippen LogP contribution in [-0.4, -0.2) is 101 Å². The minimum Gasteiger partial charge on any atom is -0.493 e. The smallest absolute Gasteiger partial charge is 0.303 e. The third-order valence-electron chi connectivity index (χ3n) is 13.1. The van der Waals surface area contributed by atoms with Gasteiger partial charge in [-0.25, -0.2) is 0 Å². The Morgan fingerprint density at radius 2 is 1.43 bits per heavy atom. The Morgan fingerprint density at radius 3 is 2.15 bits per heavy atom. The predicted molar refractivity (Wildman–Crippen MR) is 263 cm³/mol.